The number of carbonyl (C=O) groups is 6. The van der Waals surface area contributed by atoms with Crippen LogP contribution in [0.5, 0.6) is 0 Å². The lowest BCUT2D eigenvalue weighted by molar-refractivity contribution is -0.391. The summed E-state index contributed by atoms with van der Waals surface area (Å²) in [6.45, 7) is 12.8. The standard InChI is InChI=1S/C38H48O15/c1-16(2)32(45)52-33-34(7)23-13-24(43)36(9)28(37(23,15-47-33)31(51-20(6)42)27(48-17(3)39)30(34)50-19(5)41)26(44)29(49-18(4)40)35(8)22(21-10-11-46-14-21)12-25-38(35,36)53-25/h10-11,14,16,22-25,27-31,33,43H,12-13,15H2,1-9H3/t22-,23-,24+,25+,27-,28?,29-,30+,31-,33-,34+,35+,36+,37-,38+/m0/s1. The second-order valence-electron chi connectivity index (χ2n) is 16.7. The summed E-state index contributed by atoms with van der Waals surface area (Å²) in [5.41, 5.74) is -6.41. The fourth-order valence-electron chi connectivity index (χ4n) is 12.1. The summed E-state index contributed by atoms with van der Waals surface area (Å²) >= 11 is 0. The summed E-state index contributed by atoms with van der Waals surface area (Å²) in [6, 6.07) is 1.79. The molecule has 15 nitrogen and oxygen atoms in total. The Balaban J connectivity index is 1.51. The first-order valence-electron chi connectivity index (χ1n) is 18.2. The third kappa shape index (κ3) is 4.68. The number of aliphatic hydroxyl groups excluding tert-OH is 1. The summed E-state index contributed by atoms with van der Waals surface area (Å²) in [4.78, 5) is 80.8. The molecular weight excluding hydrogens is 696 g/mol. The van der Waals surface area contributed by atoms with Crippen molar-refractivity contribution < 1.29 is 71.4 Å². The average molecular weight is 745 g/mol. The molecule has 7 rings (SSSR count). The molecule has 15 heteroatoms. The maximum atomic E-state index is 15.8. The fraction of sp³-hybridized carbons (Fsp3) is 0.737. The highest BCUT2D eigenvalue weighted by molar-refractivity contribution is 5.93. The lowest BCUT2D eigenvalue weighted by atomic mass is 9.33. The van der Waals surface area contributed by atoms with Gasteiger partial charge in [0.1, 0.15) is 5.60 Å². The van der Waals surface area contributed by atoms with Crippen molar-refractivity contribution in [2.24, 2.45) is 39.4 Å². The molecule has 1 N–H and O–H groups in total. The van der Waals surface area contributed by atoms with E-state index in [1.54, 1.807) is 40.0 Å². The number of fused-ring (bicyclic) bond motifs is 1. The van der Waals surface area contributed by atoms with Crippen LogP contribution in [0.15, 0.2) is 23.0 Å². The second kappa shape index (κ2) is 12.1. The quantitative estimate of drug-likeness (QED) is 0.242. The number of furan rings is 1. The maximum Gasteiger partial charge on any atom is 0.310 e. The van der Waals surface area contributed by atoms with Gasteiger partial charge in [-0.3, -0.25) is 28.8 Å². The van der Waals surface area contributed by atoms with Gasteiger partial charge in [-0.2, -0.15) is 0 Å². The molecule has 3 heterocycles. The van der Waals surface area contributed by atoms with Crippen LogP contribution < -0.4 is 0 Å². The third-order valence-electron chi connectivity index (χ3n) is 13.8. The monoisotopic (exact) mass is 744 g/mol. The van der Waals surface area contributed by atoms with E-state index in [1.165, 1.54) is 13.2 Å². The SMILES string of the molecule is CC(=O)O[C@H]1[C@@H](OC(C)=O)[C@]2(C)[C@H](OC(=O)C(C)C)OC[C@]3(C4C(=O)[C@H](OC(C)=O)[C@@]5(C)[C@H](c6ccoc6)C[C@H]6O[C@]65[C@]4(C)[C@H](O)C[C@H]32)[C@H]1OC(C)=O. The second-order valence-corrected chi connectivity index (χ2v) is 16.7. The van der Waals surface area contributed by atoms with Crippen molar-refractivity contribution >= 4 is 35.6 Å². The van der Waals surface area contributed by atoms with Gasteiger partial charge >= 0.3 is 29.8 Å². The maximum absolute atomic E-state index is 15.8. The largest absolute Gasteiger partial charge is 0.472 e. The van der Waals surface area contributed by atoms with Crippen molar-refractivity contribution in [2.75, 3.05) is 6.61 Å². The average Bonchev–Trinajstić information content (AvgIpc) is 3.41. The van der Waals surface area contributed by atoms with E-state index in [9.17, 15) is 29.1 Å². The number of esters is 5. The normalized spacial score (nSPS) is 46.1. The van der Waals surface area contributed by atoms with Gasteiger partial charge in [-0.05, 0) is 37.3 Å². The molecule has 6 aliphatic rings. The van der Waals surface area contributed by atoms with E-state index in [0.29, 0.717) is 6.42 Å². The van der Waals surface area contributed by atoms with Crippen LogP contribution >= 0.6 is 0 Å². The van der Waals surface area contributed by atoms with E-state index in [-0.39, 0.29) is 18.9 Å². The number of Topliss-reactive ketones (excluding diaryl/α,β-unsaturated/α-hetero) is 1. The van der Waals surface area contributed by atoms with Crippen LogP contribution in [0.2, 0.25) is 0 Å². The minimum atomic E-state index is -1.65. The van der Waals surface area contributed by atoms with Crippen molar-refractivity contribution in [1.29, 1.82) is 0 Å². The van der Waals surface area contributed by atoms with Crippen molar-refractivity contribution in [1.82, 2.24) is 0 Å². The number of carbonyl (C=O) groups excluding carboxylic acids is 6. The van der Waals surface area contributed by atoms with E-state index in [0.717, 1.165) is 26.3 Å². The number of epoxide rings is 1. The molecule has 6 fully saturated rings. The fourth-order valence-corrected chi connectivity index (χ4v) is 12.1. The highest BCUT2D eigenvalue weighted by Gasteiger charge is 2.93. The van der Waals surface area contributed by atoms with Crippen LogP contribution in [-0.2, 0) is 61.9 Å². The van der Waals surface area contributed by atoms with Crippen LogP contribution in [0, 0.1) is 39.4 Å². The minimum Gasteiger partial charge on any atom is -0.472 e. The Morgan fingerprint density at radius 3 is 2.04 bits per heavy atom. The van der Waals surface area contributed by atoms with Crippen LogP contribution in [0.1, 0.15) is 86.6 Å². The number of rotatable bonds is 7. The van der Waals surface area contributed by atoms with E-state index >= 15 is 4.79 Å². The Kier molecular flexibility index (Phi) is 8.55. The van der Waals surface area contributed by atoms with Gasteiger partial charge in [-0.1, -0.05) is 27.7 Å². The molecule has 290 valence electrons. The van der Waals surface area contributed by atoms with Gasteiger partial charge < -0.3 is 42.7 Å². The van der Waals surface area contributed by atoms with Crippen molar-refractivity contribution in [2.45, 2.75) is 130 Å². The molecular formula is C38H48O15. The van der Waals surface area contributed by atoms with Gasteiger partial charge in [-0.15, -0.1) is 0 Å². The topological polar surface area (TPSA) is 204 Å². The Hall–Kier alpha value is -3.82. The van der Waals surface area contributed by atoms with Gasteiger partial charge in [0.25, 0.3) is 0 Å². The lowest BCUT2D eigenvalue weighted by Gasteiger charge is -2.73. The third-order valence-corrected chi connectivity index (χ3v) is 13.8. The number of ketones is 1. The van der Waals surface area contributed by atoms with Gasteiger partial charge in [0, 0.05) is 50.4 Å². The first-order valence-corrected chi connectivity index (χ1v) is 18.2. The summed E-state index contributed by atoms with van der Waals surface area (Å²) in [5.74, 6) is -7.59. The van der Waals surface area contributed by atoms with Crippen molar-refractivity contribution in [3.8, 4) is 0 Å². The lowest BCUT2D eigenvalue weighted by Crippen LogP contribution is -2.85. The molecule has 0 amide bonds. The molecule has 15 atom stereocenters. The highest BCUT2D eigenvalue weighted by atomic mass is 16.7. The number of hydrogen-bond acceptors (Lipinski definition) is 15. The van der Waals surface area contributed by atoms with E-state index in [2.05, 4.69) is 0 Å². The first kappa shape index (κ1) is 37.5. The van der Waals surface area contributed by atoms with Gasteiger partial charge in [-0.25, -0.2) is 0 Å². The van der Waals surface area contributed by atoms with Crippen LogP contribution in [-0.4, -0.2) is 95.9 Å². The Morgan fingerprint density at radius 1 is 0.849 bits per heavy atom. The smallest absolute Gasteiger partial charge is 0.310 e. The highest BCUT2D eigenvalue weighted by Crippen LogP contribution is 2.83. The molecule has 2 saturated heterocycles. The molecule has 1 aromatic rings. The molecule has 4 aliphatic carbocycles. The Bertz CT molecular complexity index is 1740. The van der Waals surface area contributed by atoms with E-state index in [4.69, 9.17) is 37.6 Å². The molecule has 1 unspecified atom stereocenters. The predicted octanol–water partition coefficient (Wildman–Crippen LogP) is 2.79. The molecule has 0 radical (unpaired) electrons. The zero-order chi connectivity index (χ0) is 38.8. The van der Waals surface area contributed by atoms with Gasteiger partial charge in [0.15, 0.2) is 30.2 Å². The predicted molar refractivity (Wildman–Crippen MR) is 176 cm³/mol. The summed E-state index contributed by atoms with van der Waals surface area (Å²) in [7, 11) is 0. The van der Waals surface area contributed by atoms with Crippen LogP contribution in [0.25, 0.3) is 0 Å². The first-order chi connectivity index (χ1) is 24.7. The van der Waals surface area contributed by atoms with E-state index in [1.807, 2.05) is 6.92 Å². The molecule has 0 aromatic carbocycles. The summed E-state index contributed by atoms with van der Waals surface area (Å²) in [6.07, 6.45) is -5.68. The molecule has 1 aromatic heterocycles. The molecule has 53 heavy (non-hydrogen) atoms. The Labute approximate surface area is 306 Å². The zero-order valence-corrected chi connectivity index (χ0v) is 31.4. The number of aliphatic hydroxyl groups is 1. The zero-order valence-electron chi connectivity index (χ0n) is 31.4. The van der Waals surface area contributed by atoms with Gasteiger partial charge in [0.2, 0.25) is 6.29 Å². The molecule has 4 saturated carbocycles. The van der Waals surface area contributed by atoms with E-state index < -0.39 is 124 Å². The Morgan fingerprint density at radius 2 is 1.47 bits per heavy atom. The van der Waals surface area contributed by atoms with Crippen molar-refractivity contribution in [3.63, 3.8) is 0 Å². The molecule has 2 aliphatic heterocycles. The number of hydrogen-bond donors (Lipinski definition) is 1. The minimum absolute atomic E-state index is 0.0826. The molecule has 1 spiro atoms. The van der Waals surface area contributed by atoms with Crippen LogP contribution in [0.4, 0.5) is 0 Å². The molecule has 2 bridgehead atoms. The van der Waals surface area contributed by atoms with Crippen LogP contribution in [0.3, 0.4) is 0 Å². The summed E-state index contributed by atoms with van der Waals surface area (Å²) < 4.78 is 48.7. The number of ether oxygens (including phenoxy) is 7. The van der Waals surface area contributed by atoms with Crippen molar-refractivity contribution in [3.05, 3.63) is 24.2 Å². The summed E-state index contributed by atoms with van der Waals surface area (Å²) in [5, 5.41) is 12.7. The van der Waals surface area contributed by atoms with Gasteiger partial charge in [0.05, 0.1) is 48.1 Å².